The van der Waals surface area contributed by atoms with Crippen LogP contribution in [0.1, 0.15) is 6.42 Å². The number of methoxy groups -OCH3 is 1. The van der Waals surface area contributed by atoms with Gasteiger partial charge < -0.3 is 20.7 Å². The molecule has 0 amide bonds. The molecular weight excluding hydrogens is 262 g/mol. The summed E-state index contributed by atoms with van der Waals surface area (Å²) in [4.78, 5) is 2.25. The highest BCUT2D eigenvalue weighted by Crippen LogP contribution is 2.24. The van der Waals surface area contributed by atoms with Gasteiger partial charge in [0, 0.05) is 31.9 Å². The molecule has 112 valence electrons. The maximum Gasteiger partial charge on any atom is 0.121 e. The number of nitrogens with one attached hydrogen (secondary N) is 1. The zero-order valence-corrected chi connectivity index (χ0v) is 12.7. The second-order valence-electron chi connectivity index (χ2n) is 4.99. The Morgan fingerprint density at radius 3 is 2.62 bits per heavy atom. The molecule has 4 heteroatoms. The first-order valence-electron chi connectivity index (χ1n) is 7.14. The minimum absolute atomic E-state index is 0.743. The van der Waals surface area contributed by atoms with Crippen LogP contribution < -0.4 is 20.7 Å². The van der Waals surface area contributed by atoms with Gasteiger partial charge in [-0.3, -0.25) is 0 Å². The number of nitrogen functional groups attached to an aromatic ring is 1. The molecule has 0 aliphatic carbocycles. The summed E-state index contributed by atoms with van der Waals surface area (Å²) < 4.78 is 5.21. The average molecular weight is 285 g/mol. The van der Waals surface area contributed by atoms with E-state index in [2.05, 4.69) is 41.5 Å². The van der Waals surface area contributed by atoms with Gasteiger partial charge in [-0.25, -0.2) is 0 Å². The molecule has 0 saturated carbocycles. The van der Waals surface area contributed by atoms with E-state index in [1.165, 1.54) is 5.69 Å². The summed E-state index contributed by atoms with van der Waals surface area (Å²) in [6.45, 7) is 1.86. The van der Waals surface area contributed by atoms with Crippen molar-refractivity contribution < 1.29 is 4.74 Å². The lowest BCUT2D eigenvalue weighted by Crippen LogP contribution is -2.20. The van der Waals surface area contributed by atoms with Gasteiger partial charge in [0.15, 0.2) is 0 Å². The van der Waals surface area contributed by atoms with Crippen molar-refractivity contribution in [2.24, 2.45) is 0 Å². The summed E-state index contributed by atoms with van der Waals surface area (Å²) in [5.74, 6) is 0.813. The van der Waals surface area contributed by atoms with Crippen molar-refractivity contribution in [3.63, 3.8) is 0 Å². The van der Waals surface area contributed by atoms with E-state index in [0.717, 1.165) is 36.6 Å². The lowest BCUT2D eigenvalue weighted by Gasteiger charge is -2.19. The minimum Gasteiger partial charge on any atom is -0.497 e. The van der Waals surface area contributed by atoms with E-state index in [4.69, 9.17) is 10.5 Å². The summed E-state index contributed by atoms with van der Waals surface area (Å²) in [7, 11) is 3.76. The van der Waals surface area contributed by atoms with Crippen LogP contribution in [0.3, 0.4) is 0 Å². The lowest BCUT2D eigenvalue weighted by molar-refractivity contribution is 0.415. The molecule has 0 fully saturated rings. The quantitative estimate of drug-likeness (QED) is 0.606. The molecule has 4 nitrogen and oxygen atoms in total. The van der Waals surface area contributed by atoms with Gasteiger partial charge in [-0.2, -0.15) is 0 Å². The van der Waals surface area contributed by atoms with Gasteiger partial charge in [-0.05, 0) is 30.7 Å². The third-order valence-electron chi connectivity index (χ3n) is 3.44. The smallest absolute Gasteiger partial charge is 0.121 e. The van der Waals surface area contributed by atoms with Crippen molar-refractivity contribution in [3.05, 3.63) is 48.5 Å². The standard InChI is InChI=1S/C17H23N3O/c1-20(14-7-4-3-5-8-14)12-6-11-19-17-13-15(21-2)9-10-16(17)18/h3-5,7-10,13,19H,6,11-12,18H2,1-2H3. The van der Waals surface area contributed by atoms with Gasteiger partial charge in [0.1, 0.15) is 5.75 Å². The van der Waals surface area contributed by atoms with E-state index in [0.29, 0.717) is 0 Å². The highest BCUT2D eigenvalue weighted by Gasteiger charge is 2.02. The fourth-order valence-electron chi connectivity index (χ4n) is 2.17. The number of nitrogens with zero attached hydrogens (tertiary/aromatic N) is 1. The molecule has 0 aliphatic heterocycles. The topological polar surface area (TPSA) is 50.5 Å². The van der Waals surface area contributed by atoms with Crippen LogP contribution in [-0.4, -0.2) is 27.2 Å². The van der Waals surface area contributed by atoms with Crippen LogP contribution >= 0.6 is 0 Å². The number of hydrogen-bond acceptors (Lipinski definition) is 4. The lowest BCUT2D eigenvalue weighted by atomic mass is 10.2. The first-order chi connectivity index (χ1) is 10.2. The Morgan fingerprint density at radius 2 is 1.90 bits per heavy atom. The molecule has 2 aromatic rings. The van der Waals surface area contributed by atoms with Crippen LogP contribution in [-0.2, 0) is 0 Å². The van der Waals surface area contributed by atoms with E-state index in [1.54, 1.807) is 7.11 Å². The van der Waals surface area contributed by atoms with E-state index < -0.39 is 0 Å². The Kier molecular flexibility index (Phi) is 5.32. The highest BCUT2D eigenvalue weighted by molar-refractivity contribution is 5.68. The van der Waals surface area contributed by atoms with Crippen LogP contribution in [0.4, 0.5) is 17.1 Å². The Labute approximate surface area is 126 Å². The Balaban J connectivity index is 1.80. The molecule has 0 saturated heterocycles. The molecule has 0 aromatic heterocycles. The third kappa shape index (κ3) is 4.31. The third-order valence-corrected chi connectivity index (χ3v) is 3.44. The van der Waals surface area contributed by atoms with Gasteiger partial charge in [0.05, 0.1) is 18.5 Å². The molecule has 2 rings (SSSR count). The summed E-state index contributed by atoms with van der Waals surface area (Å²) in [6.07, 6.45) is 1.03. The molecular formula is C17H23N3O. The molecule has 0 aliphatic rings. The molecule has 0 heterocycles. The van der Waals surface area contributed by atoms with Crippen molar-refractivity contribution >= 4 is 17.1 Å². The number of anilines is 3. The predicted octanol–water partition coefficient (Wildman–Crippen LogP) is 3.22. The van der Waals surface area contributed by atoms with Crippen molar-refractivity contribution in [2.45, 2.75) is 6.42 Å². The number of ether oxygens (including phenoxy) is 1. The fourth-order valence-corrected chi connectivity index (χ4v) is 2.17. The molecule has 2 aromatic carbocycles. The Bertz CT molecular complexity index is 557. The minimum atomic E-state index is 0.743. The normalized spacial score (nSPS) is 10.2. The van der Waals surface area contributed by atoms with Gasteiger partial charge in [-0.1, -0.05) is 18.2 Å². The molecule has 0 unspecified atom stereocenters. The van der Waals surface area contributed by atoms with Gasteiger partial charge in [-0.15, -0.1) is 0 Å². The van der Waals surface area contributed by atoms with Crippen LogP contribution in [0, 0.1) is 0 Å². The van der Waals surface area contributed by atoms with E-state index in [9.17, 15) is 0 Å². The van der Waals surface area contributed by atoms with Crippen LogP contribution in [0.25, 0.3) is 0 Å². The average Bonchev–Trinajstić information content (AvgIpc) is 2.53. The fraction of sp³-hybridized carbons (Fsp3) is 0.294. The number of benzene rings is 2. The first-order valence-corrected chi connectivity index (χ1v) is 7.14. The molecule has 0 radical (unpaired) electrons. The second kappa shape index (κ2) is 7.43. The zero-order valence-electron chi connectivity index (χ0n) is 12.7. The molecule has 0 spiro atoms. The van der Waals surface area contributed by atoms with Crippen LogP contribution in [0.2, 0.25) is 0 Å². The molecule has 21 heavy (non-hydrogen) atoms. The van der Waals surface area contributed by atoms with Gasteiger partial charge in [0.2, 0.25) is 0 Å². The first kappa shape index (κ1) is 15.0. The predicted molar refractivity (Wildman–Crippen MR) is 90.2 cm³/mol. The maximum atomic E-state index is 5.95. The summed E-state index contributed by atoms with van der Waals surface area (Å²) in [6, 6.07) is 16.0. The highest BCUT2D eigenvalue weighted by atomic mass is 16.5. The number of rotatable bonds is 7. The van der Waals surface area contributed by atoms with Crippen LogP contribution in [0.15, 0.2) is 48.5 Å². The van der Waals surface area contributed by atoms with Crippen molar-refractivity contribution in [3.8, 4) is 5.75 Å². The molecule has 0 atom stereocenters. The van der Waals surface area contributed by atoms with Gasteiger partial charge >= 0.3 is 0 Å². The van der Waals surface area contributed by atoms with Crippen molar-refractivity contribution in [2.75, 3.05) is 43.2 Å². The largest absolute Gasteiger partial charge is 0.497 e. The number of hydrogen-bond donors (Lipinski definition) is 2. The van der Waals surface area contributed by atoms with E-state index in [-0.39, 0.29) is 0 Å². The molecule has 3 N–H and O–H groups in total. The monoisotopic (exact) mass is 285 g/mol. The van der Waals surface area contributed by atoms with Crippen LogP contribution in [0.5, 0.6) is 5.75 Å². The van der Waals surface area contributed by atoms with E-state index in [1.807, 2.05) is 24.3 Å². The van der Waals surface area contributed by atoms with Crippen molar-refractivity contribution in [1.82, 2.24) is 0 Å². The second-order valence-corrected chi connectivity index (χ2v) is 4.99. The summed E-state index contributed by atoms with van der Waals surface area (Å²) >= 11 is 0. The SMILES string of the molecule is COc1ccc(N)c(NCCCN(C)c2ccccc2)c1. The zero-order chi connectivity index (χ0) is 15.1. The maximum absolute atomic E-state index is 5.95. The van der Waals surface area contributed by atoms with Gasteiger partial charge in [0.25, 0.3) is 0 Å². The Morgan fingerprint density at radius 1 is 1.14 bits per heavy atom. The molecule has 0 bridgehead atoms. The van der Waals surface area contributed by atoms with E-state index >= 15 is 0 Å². The number of nitrogens with two attached hydrogens (primary N) is 1. The summed E-state index contributed by atoms with van der Waals surface area (Å²) in [5.41, 5.74) is 8.85. The summed E-state index contributed by atoms with van der Waals surface area (Å²) in [5, 5.41) is 3.36. The Hall–Kier alpha value is -2.36. The van der Waals surface area contributed by atoms with Crippen molar-refractivity contribution in [1.29, 1.82) is 0 Å². The number of para-hydroxylation sites is 1.